The van der Waals surface area contributed by atoms with Crippen molar-refractivity contribution in [2.45, 2.75) is 25.8 Å². The molecule has 0 radical (unpaired) electrons. The monoisotopic (exact) mass is 451 g/mol. The van der Waals surface area contributed by atoms with E-state index < -0.39 is 6.04 Å². The van der Waals surface area contributed by atoms with E-state index in [4.69, 9.17) is 13.9 Å². The fraction of sp³-hybridized carbons (Fsp3) is 0.385. The maximum absolute atomic E-state index is 13.5. The van der Waals surface area contributed by atoms with E-state index in [9.17, 15) is 9.59 Å². The van der Waals surface area contributed by atoms with Gasteiger partial charge in [-0.15, -0.1) is 0 Å². The molecular formula is C26H31N2O5+. The quantitative estimate of drug-likeness (QED) is 0.542. The first-order valence-corrected chi connectivity index (χ1v) is 11.4. The molecule has 2 aromatic carbocycles. The summed E-state index contributed by atoms with van der Waals surface area (Å²) in [7, 11) is 5.75. The molecule has 3 aromatic rings. The molecule has 0 spiro atoms. The Labute approximate surface area is 193 Å². The smallest absolute Gasteiger partial charge is 0.290 e. The minimum Gasteiger partial charge on any atom is -0.493 e. The number of nitrogens with one attached hydrogen (secondary N) is 1. The number of carbonyl (C=O) groups excluding carboxylic acids is 1. The maximum Gasteiger partial charge on any atom is 0.290 e. The van der Waals surface area contributed by atoms with Crippen LogP contribution in [0.4, 0.5) is 0 Å². The van der Waals surface area contributed by atoms with E-state index in [2.05, 4.69) is 14.1 Å². The van der Waals surface area contributed by atoms with Gasteiger partial charge in [0.2, 0.25) is 5.76 Å². The third-order valence-electron chi connectivity index (χ3n) is 5.91. The van der Waals surface area contributed by atoms with Crippen molar-refractivity contribution < 1.29 is 23.6 Å². The van der Waals surface area contributed by atoms with Gasteiger partial charge in [-0.3, -0.25) is 9.59 Å². The Bertz CT molecular complexity index is 1220. The van der Waals surface area contributed by atoms with Crippen LogP contribution in [0.1, 0.15) is 47.5 Å². The van der Waals surface area contributed by atoms with Crippen LogP contribution >= 0.6 is 0 Å². The number of benzene rings is 2. The number of ether oxygens (including phenoxy) is 2. The number of fused-ring (bicyclic) bond motifs is 2. The zero-order chi connectivity index (χ0) is 23.5. The first kappa shape index (κ1) is 22.9. The van der Waals surface area contributed by atoms with Crippen molar-refractivity contribution in [2.24, 2.45) is 0 Å². The summed E-state index contributed by atoms with van der Waals surface area (Å²) in [6.45, 7) is 4.04. The Balaban J connectivity index is 1.84. The Kier molecular flexibility index (Phi) is 6.70. The van der Waals surface area contributed by atoms with Crippen LogP contribution in [-0.2, 0) is 0 Å². The lowest BCUT2D eigenvalue weighted by atomic mass is 9.98. The standard InChI is InChI=1S/C26H30N2O5/c1-5-15-32-20-12-11-17(16-21(20)31-4)23-22-24(29)18-9-6-7-10-19(18)33-25(22)26(30)28(23)14-8-13-27(2)3/h6-7,9-12,16,23H,5,8,13-15H2,1-4H3/p+1/t23-/m1/s1. The Morgan fingerprint density at radius 2 is 1.88 bits per heavy atom. The van der Waals surface area contributed by atoms with Crippen LogP contribution < -0.4 is 19.8 Å². The molecule has 174 valence electrons. The van der Waals surface area contributed by atoms with Crippen LogP contribution in [0.2, 0.25) is 0 Å². The van der Waals surface area contributed by atoms with Gasteiger partial charge in [0, 0.05) is 13.0 Å². The van der Waals surface area contributed by atoms with Crippen LogP contribution in [-0.4, -0.2) is 51.7 Å². The third kappa shape index (κ3) is 4.33. The van der Waals surface area contributed by atoms with Crippen molar-refractivity contribution in [2.75, 3.05) is 40.9 Å². The summed E-state index contributed by atoms with van der Waals surface area (Å²) >= 11 is 0. The van der Waals surface area contributed by atoms with Crippen molar-refractivity contribution in [1.29, 1.82) is 0 Å². The Morgan fingerprint density at radius 1 is 1.09 bits per heavy atom. The number of methoxy groups -OCH3 is 1. The minimum atomic E-state index is -0.542. The number of para-hydroxylation sites is 1. The van der Waals surface area contributed by atoms with Crippen LogP contribution in [0.3, 0.4) is 0 Å². The second-order valence-corrected chi connectivity index (χ2v) is 8.64. The molecule has 0 unspecified atom stereocenters. The second kappa shape index (κ2) is 9.67. The first-order chi connectivity index (χ1) is 16.0. The molecule has 1 aliphatic rings. The van der Waals surface area contributed by atoms with Crippen molar-refractivity contribution in [3.8, 4) is 11.5 Å². The van der Waals surface area contributed by atoms with Gasteiger partial charge in [-0.1, -0.05) is 25.1 Å². The topological polar surface area (TPSA) is 73.4 Å². The largest absolute Gasteiger partial charge is 0.493 e. The molecule has 1 aliphatic heterocycles. The molecule has 4 rings (SSSR count). The number of hydrogen-bond acceptors (Lipinski definition) is 5. The summed E-state index contributed by atoms with van der Waals surface area (Å²) < 4.78 is 17.4. The number of rotatable bonds is 9. The molecule has 0 saturated carbocycles. The van der Waals surface area contributed by atoms with E-state index in [-0.39, 0.29) is 17.1 Å². The normalized spacial score (nSPS) is 15.4. The molecule has 0 saturated heterocycles. The maximum atomic E-state index is 13.5. The van der Waals surface area contributed by atoms with Crippen molar-refractivity contribution in [3.05, 3.63) is 69.6 Å². The number of carbonyl (C=O) groups is 1. The number of hydrogen-bond donors (Lipinski definition) is 1. The van der Waals surface area contributed by atoms with Gasteiger partial charge in [-0.2, -0.15) is 0 Å². The predicted molar refractivity (Wildman–Crippen MR) is 126 cm³/mol. The third-order valence-corrected chi connectivity index (χ3v) is 5.91. The highest BCUT2D eigenvalue weighted by Crippen LogP contribution is 2.41. The average molecular weight is 452 g/mol. The van der Waals surface area contributed by atoms with Gasteiger partial charge in [0.05, 0.1) is 51.3 Å². The highest BCUT2D eigenvalue weighted by molar-refractivity contribution is 5.99. The summed E-state index contributed by atoms with van der Waals surface area (Å²) in [5.41, 5.74) is 1.44. The molecule has 1 N–H and O–H groups in total. The van der Waals surface area contributed by atoms with Gasteiger partial charge in [-0.05, 0) is 36.2 Å². The van der Waals surface area contributed by atoms with Crippen LogP contribution in [0.25, 0.3) is 11.0 Å². The van der Waals surface area contributed by atoms with Crippen molar-refractivity contribution >= 4 is 16.9 Å². The zero-order valence-corrected chi connectivity index (χ0v) is 19.6. The lowest BCUT2D eigenvalue weighted by molar-refractivity contribution is -0.858. The fourth-order valence-electron chi connectivity index (χ4n) is 4.33. The highest BCUT2D eigenvalue weighted by atomic mass is 16.5. The molecule has 33 heavy (non-hydrogen) atoms. The molecular weight excluding hydrogens is 420 g/mol. The number of quaternary nitrogens is 1. The molecule has 0 bridgehead atoms. The van der Waals surface area contributed by atoms with Gasteiger partial charge in [0.25, 0.3) is 5.91 Å². The minimum absolute atomic E-state index is 0.131. The number of nitrogens with zero attached hydrogens (tertiary/aromatic N) is 1. The van der Waals surface area contributed by atoms with E-state index in [0.29, 0.717) is 41.2 Å². The van der Waals surface area contributed by atoms with Gasteiger partial charge in [0.1, 0.15) is 5.58 Å². The molecule has 0 fully saturated rings. The highest BCUT2D eigenvalue weighted by Gasteiger charge is 2.42. The summed E-state index contributed by atoms with van der Waals surface area (Å²) in [6, 6.07) is 12.1. The number of amides is 1. The second-order valence-electron chi connectivity index (χ2n) is 8.64. The molecule has 7 nitrogen and oxygen atoms in total. The van der Waals surface area contributed by atoms with E-state index in [1.54, 1.807) is 36.3 Å². The van der Waals surface area contributed by atoms with E-state index in [1.165, 1.54) is 4.90 Å². The predicted octanol–water partition coefficient (Wildman–Crippen LogP) is 2.67. The summed E-state index contributed by atoms with van der Waals surface area (Å²) in [6.07, 6.45) is 1.69. The summed E-state index contributed by atoms with van der Waals surface area (Å²) in [5.74, 6) is 1.09. The van der Waals surface area contributed by atoms with Crippen LogP contribution in [0.5, 0.6) is 11.5 Å². The Morgan fingerprint density at radius 3 is 2.61 bits per heavy atom. The van der Waals surface area contributed by atoms with Gasteiger partial charge in [0.15, 0.2) is 16.9 Å². The molecule has 2 heterocycles. The Hall–Kier alpha value is -3.32. The van der Waals surface area contributed by atoms with Crippen LogP contribution in [0, 0.1) is 0 Å². The van der Waals surface area contributed by atoms with Crippen molar-refractivity contribution in [3.63, 3.8) is 0 Å². The average Bonchev–Trinajstić information content (AvgIpc) is 3.09. The van der Waals surface area contributed by atoms with E-state index in [1.807, 2.05) is 25.1 Å². The van der Waals surface area contributed by atoms with E-state index >= 15 is 0 Å². The molecule has 1 atom stereocenters. The summed E-state index contributed by atoms with van der Waals surface area (Å²) in [5, 5.41) is 0.475. The van der Waals surface area contributed by atoms with Gasteiger partial charge in [-0.25, -0.2) is 0 Å². The molecule has 1 aromatic heterocycles. The lowest BCUT2D eigenvalue weighted by Gasteiger charge is -2.26. The first-order valence-electron chi connectivity index (χ1n) is 11.4. The van der Waals surface area contributed by atoms with Gasteiger partial charge >= 0.3 is 0 Å². The van der Waals surface area contributed by atoms with E-state index in [0.717, 1.165) is 24.9 Å². The molecule has 1 amide bonds. The molecule has 0 aliphatic carbocycles. The SMILES string of the molecule is CCCOc1ccc([C@@H]2c3c(oc4ccccc4c3=O)C(=O)N2CCC[NH+](C)C)cc1OC. The lowest BCUT2D eigenvalue weighted by Crippen LogP contribution is -3.05. The fourth-order valence-corrected chi connectivity index (χ4v) is 4.33. The van der Waals surface area contributed by atoms with Crippen molar-refractivity contribution in [1.82, 2.24) is 4.90 Å². The summed E-state index contributed by atoms with van der Waals surface area (Å²) in [4.78, 5) is 30.0. The molecule has 7 heteroatoms. The van der Waals surface area contributed by atoms with Crippen LogP contribution in [0.15, 0.2) is 51.7 Å². The zero-order valence-electron chi connectivity index (χ0n) is 19.6. The van der Waals surface area contributed by atoms with Gasteiger partial charge < -0.3 is 23.7 Å².